The Morgan fingerprint density at radius 1 is 0.931 bits per heavy atom. The van der Waals surface area contributed by atoms with Crippen molar-refractivity contribution in [3.8, 4) is 0 Å². The van der Waals surface area contributed by atoms with E-state index in [-0.39, 0.29) is 5.91 Å². The Morgan fingerprint density at radius 2 is 1.69 bits per heavy atom. The van der Waals surface area contributed by atoms with Crippen molar-refractivity contribution in [3.63, 3.8) is 0 Å². The van der Waals surface area contributed by atoms with Crippen LogP contribution in [0.5, 0.6) is 0 Å². The van der Waals surface area contributed by atoms with Gasteiger partial charge >= 0.3 is 0 Å². The minimum atomic E-state index is 0.125. The summed E-state index contributed by atoms with van der Waals surface area (Å²) in [5.41, 5.74) is 2.30. The lowest BCUT2D eigenvalue weighted by Crippen LogP contribution is -2.22. The summed E-state index contributed by atoms with van der Waals surface area (Å²) < 4.78 is 0. The van der Waals surface area contributed by atoms with E-state index < -0.39 is 0 Å². The van der Waals surface area contributed by atoms with Crippen LogP contribution in [0.3, 0.4) is 0 Å². The largest absolute Gasteiger partial charge is 0.326 e. The Balaban J connectivity index is 1.57. The molecule has 29 heavy (non-hydrogen) atoms. The maximum Gasteiger partial charge on any atom is 0.224 e. The number of nitrogens with zero attached hydrogens (tertiary/aromatic N) is 1. The van der Waals surface area contributed by atoms with Crippen molar-refractivity contribution >= 4 is 23.4 Å². The predicted molar refractivity (Wildman–Crippen MR) is 127 cm³/mol. The zero-order valence-corrected chi connectivity index (χ0v) is 18.8. The molecule has 2 rings (SSSR count). The van der Waals surface area contributed by atoms with Gasteiger partial charge in [-0.05, 0) is 68.4 Å². The van der Waals surface area contributed by atoms with Gasteiger partial charge in [0.1, 0.15) is 0 Å². The number of anilines is 1. The molecule has 0 saturated carbocycles. The number of hydrogen-bond donors (Lipinski definition) is 1. The topological polar surface area (TPSA) is 32.3 Å². The number of rotatable bonds is 14. The Kier molecular flexibility index (Phi) is 11.5. The first-order valence-corrected chi connectivity index (χ1v) is 11.9. The molecular weight excluding hydrogens is 376 g/mol. The summed E-state index contributed by atoms with van der Waals surface area (Å²) in [7, 11) is 2.20. The van der Waals surface area contributed by atoms with Crippen LogP contribution in [0.25, 0.3) is 0 Å². The molecule has 3 nitrogen and oxygen atoms in total. The number of thioether (sulfide) groups is 1. The fourth-order valence-corrected chi connectivity index (χ4v) is 4.01. The molecule has 0 spiro atoms. The van der Waals surface area contributed by atoms with Crippen LogP contribution in [0.1, 0.15) is 51.0 Å². The second kappa shape index (κ2) is 14.2. The number of nitrogens with one attached hydrogen (secondary N) is 1. The second-order valence-corrected chi connectivity index (χ2v) is 8.79. The lowest BCUT2D eigenvalue weighted by atomic mass is 10.1. The van der Waals surface area contributed by atoms with Gasteiger partial charge in [-0.1, -0.05) is 56.5 Å². The van der Waals surface area contributed by atoms with Crippen molar-refractivity contribution < 1.29 is 4.79 Å². The Bertz CT molecular complexity index is 688. The highest BCUT2D eigenvalue weighted by Gasteiger charge is 2.03. The summed E-state index contributed by atoms with van der Waals surface area (Å²) in [5, 5.41) is 3.00. The van der Waals surface area contributed by atoms with Crippen LogP contribution < -0.4 is 5.32 Å². The molecule has 0 heterocycles. The molecule has 0 aliphatic heterocycles. The second-order valence-electron chi connectivity index (χ2n) is 7.62. The SMILES string of the molecule is CCCCCCC(=O)Nc1ccc(SCCCN(C)CCc2ccccc2)cc1. The summed E-state index contributed by atoms with van der Waals surface area (Å²) >= 11 is 1.88. The first kappa shape index (κ1) is 23.5. The third-order valence-corrected chi connectivity index (χ3v) is 6.07. The van der Waals surface area contributed by atoms with E-state index in [4.69, 9.17) is 0 Å². The van der Waals surface area contributed by atoms with Crippen molar-refractivity contribution in [1.82, 2.24) is 4.90 Å². The smallest absolute Gasteiger partial charge is 0.224 e. The number of likely N-dealkylation sites (N-methyl/N-ethyl adjacent to an activating group) is 1. The molecule has 0 bridgehead atoms. The maximum atomic E-state index is 12.0. The van der Waals surface area contributed by atoms with Crippen LogP contribution in [-0.2, 0) is 11.2 Å². The summed E-state index contributed by atoms with van der Waals surface area (Å²) in [6.45, 7) is 4.40. The minimum Gasteiger partial charge on any atom is -0.326 e. The predicted octanol–water partition coefficient (Wildman–Crippen LogP) is 6.25. The number of carbonyl (C=O) groups excluding carboxylic acids is 1. The fraction of sp³-hybridized carbons (Fsp3) is 0.480. The van der Waals surface area contributed by atoms with Crippen LogP contribution in [0, 0.1) is 0 Å². The molecule has 2 aromatic rings. The van der Waals surface area contributed by atoms with Crippen molar-refractivity contribution in [2.75, 3.05) is 31.2 Å². The third-order valence-electron chi connectivity index (χ3n) is 4.97. The molecule has 2 aromatic carbocycles. The summed E-state index contributed by atoms with van der Waals surface area (Å²) in [4.78, 5) is 15.6. The minimum absolute atomic E-state index is 0.125. The van der Waals surface area contributed by atoms with E-state index in [0.717, 1.165) is 43.8 Å². The summed E-state index contributed by atoms with van der Waals surface area (Å²) in [5.74, 6) is 1.23. The van der Waals surface area contributed by atoms with Gasteiger partial charge in [0.2, 0.25) is 5.91 Å². The molecule has 0 atom stereocenters. The average molecular weight is 413 g/mol. The summed E-state index contributed by atoms with van der Waals surface area (Å²) in [6.07, 6.45) is 7.43. The van der Waals surface area contributed by atoms with Crippen molar-refractivity contribution in [1.29, 1.82) is 0 Å². The molecule has 0 aliphatic carbocycles. The van der Waals surface area contributed by atoms with E-state index in [1.165, 1.54) is 29.7 Å². The van der Waals surface area contributed by atoms with Gasteiger partial charge in [0, 0.05) is 23.5 Å². The molecule has 0 aliphatic rings. The summed E-state index contributed by atoms with van der Waals surface area (Å²) in [6, 6.07) is 18.9. The van der Waals surface area contributed by atoms with Gasteiger partial charge in [0.15, 0.2) is 0 Å². The molecule has 0 saturated heterocycles. The highest BCUT2D eigenvalue weighted by atomic mass is 32.2. The molecule has 158 valence electrons. The van der Waals surface area contributed by atoms with Crippen LogP contribution >= 0.6 is 11.8 Å². The molecule has 0 fully saturated rings. The number of benzene rings is 2. The first-order chi connectivity index (χ1) is 14.2. The highest BCUT2D eigenvalue weighted by molar-refractivity contribution is 7.99. The van der Waals surface area contributed by atoms with E-state index in [2.05, 4.69) is 66.7 Å². The van der Waals surface area contributed by atoms with Gasteiger partial charge in [-0.25, -0.2) is 0 Å². The number of carbonyl (C=O) groups is 1. The molecule has 4 heteroatoms. The zero-order valence-electron chi connectivity index (χ0n) is 18.0. The van der Waals surface area contributed by atoms with Gasteiger partial charge in [-0.15, -0.1) is 11.8 Å². The molecule has 0 unspecified atom stereocenters. The third kappa shape index (κ3) is 10.5. The quantitative estimate of drug-likeness (QED) is 0.294. The van der Waals surface area contributed by atoms with Gasteiger partial charge < -0.3 is 10.2 Å². The average Bonchev–Trinajstić information content (AvgIpc) is 2.75. The Hall–Kier alpha value is -1.78. The van der Waals surface area contributed by atoms with Crippen LogP contribution in [0.2, 0.25) is 0 Å². The van der Waals surface area contributed by atoms with Crippen LogP contribution in [0.15, 0.2) is 59.5 Å². The Morgan fingerprint density at radius 3 is 2.41 bits per heavy atom. The van der Waals surface area contributed by atoms with Crippen molar-refractivity contribution in [2.24, 2.45) is 0 Å². The number of unbranched alkanes of at least 4 members (excludes halogenated alkanes) is 3. The van der Waals surface area contributed by atoms with Gasteiger partial charge in [-0.3, -0.25) is 4.79 Å². The standard InChI is InChI=1S/C25H36N2OS/c1-3-4-5-9-13-25(28)26-23-14-16-24(17-15-23)29-21-10-19-27(2)20-18-22-11-7-6-8-12-22/h6-8,11-12,14-17H,3-5,9-10,13,18-21H2,1-2H3,(H,26,28). The van der Waals surface area contributed by atoms with E-state index in [1.54, 1.807) is 0 Å². The lowest BCUT2D eigenvalue weighted by Gasteiger charge is -2.16. The van der Waals surface area contributed by atoms with E-state index in [9.17, 15) is 4.79 Å². The zero-order chi connectivity index (χ0) is 20.7. The van der Waals surface area contributed by atoms with E-state index in [1.807, 2.05) is 23.9 Å². The van der Waals surface area contributed by atoms with Gasteiger partial charge in [0.25, 0.3) is 0 Å². The van der Waals surface area contributed by atoms with Crippen molar-refractivity contribution in [2.45, 2.75) is 56.8 Å². The number of hydrogen-bond acceptors (Lipinski definition) is 3. The van der Waals surface area contributed by atoms with Gasteiger partial charge in [0.05, 0.1) is 0 Å². The molecule has 1 N–H and O–H groups in total. The monoisotopic (exact) mass is 412 g/mol. The fourth-order valence-electron chi connectivity index (χ4n) is 3.17. The van der Waals surface area contributed by atoms with E-state index >= 15 is 0 Å². The first-order valence-electron chi connectivity index (χ1n) is 10.9. The normalized spacial score (nSPS) is 11.0. The van der Waals surface area contributed by atoms with Crippen LogP contribution in [-0.4, -0.2) is 36.7 Å². The highest BCUT2D eigenvalue weighted by Crippen LogP contribution is 2.21. The molecular formula is C25H36N2OS. The van der Waals surface area contributed by atoms with Crippen molar-refractivity contribution in [3.05, 3.63) is 60.2 Å². The Labute approximate surface area is 181 Å². The van der Waals surface area contributed by atoms with Crippen LogP contribution in [0.4, 0.5) is 5.69 Å². The number of amides is 1. The van der Waals surface area contributed by atoms with Gasteiger partial charge in [-0.2, -0.15) is 0 Å². The van der Waals surface area contributed by atoms with E-state index in [0.29, 0.717) is 6.42 Å². The molecule has 0 aromatic heterocycles. The lowest BCUT2D eigenvalue weighted by molar-refractivity contribution is -0.116. The molecule has 0 radical (unpaired) electrons. The maximum absolute atomic E-state index is 12.0. The molecule has 1 amide bonds.